The molecule has 10 rings (SSSR count). The molecular weight excluding hydrogens is 677 g/mol. The average molecular weight is 702 g/mol. The molecule has 5 heterocycles. The molecule has 0 amide bonds. The quantitative estimate of drug-likeness (QED) is 0.165. The highest BCUT2D eigenvalue weighted by Crippen LogP contribution is 2.32. The summed E-state index contributed by atoms with van der Waals surface area (Å²) < 4.78 is 28.8. The van der Waals surface area contributed by atoms with Gasteiger partial charge in [0.15, 0.2) is 17.5 Å². The van der Waals surface area contributed by atoms with Gasteiger partial charge in [0.25, 0.3) is 0 Å². The zero-order valence-electron chi connectivity index (χ0n) is 28.3. The van der Waals surface area contributed by atoms with Crippen LogP contribution in [-0.4, -0.2) is 34.9 Å². The van der Waals surface area contributed by atoms with Gasteiger partial charge in [0.2, 0.25) is 0 Å². The van der Waals surface area contributed by atoms with Crippen molar-refractivity contribution in [1.82, 2.24) is 34.9 Å². The molecule has 0 N–H and O–H groups in total. The molecule has 0 radical (unpaired) electrons. The lowest BCUT2D eigenvalue weighted by molar-refractivity contribution is 0.584. The Hall–Kier alpha value is -7.39. The van der Waals surface area contributed by atoms with Crippen LogP contribution in [0.2, 0.25) is 0 Å². The normalized spacial score (nSPS) is 11.5. The van der Waals surface area contributed by atoms with Crippen LogP contribution in [0.5, 0.6) is 0 Å². The van der Waals surface area contributed by atoms with Crippen molar-refractivity contribution in [1.29, 1.82) is 0 Å². The van der Waals surface area contributed by atoms with Crippen LogP contribution < -0.4 is 0 Å². The molecule has 0 aliphatic carbocycles. The molecule has 0 fully saturated rings. The smallest absolute Gasteiger partial charge is 0.164 e. The molecule has 5 aromatic carbocycles. The van der Waals surface area contributed by atoms with Gasteiger partial charge in [-0.05, 0) is 47.5 Å². The number of hydrogen-bond acceptors (Lipinski definition) is 7. The zero-order valence-corrected chi connectivity index (χ0v) is 28.3. The Morgan fingerprint density at radius 2 is 0.704 bits per heavy atom. The van der Waals surface area contributed by atoms with Crippen molar-refractivity contribution in [3.63, 3.8) is 0 Å². The van der Waals surface area contributed by atoms with E-state index in [4.69, 9.17) is 15.0 Å². The van der Waals surface area contributed by atoms with Crippen LogP contribution >= 0.6 is 0 Å². The minimum absolute atomic E-state index is 0.153. The third-order valence-corrected chi connectivity index (χ3v) is 9.55. The minimum Gasteiger partial charge on any atom is -0.254 e. The molecule has 5 aromatic heterocycles. The monoisotopic (exact) mass is 701 g/mol. The number of nitrogens with zero attached hydrogens (tertiary/aromatic N) is 7. The summed E-state index contributed by atoms with van der Waals surface area (Å²) in [6.45, 7) is 0. The Labute approximate surface area is 306 Å². The summed E-state index contributed by atoms with van der Waals surface area (Å²) in [5.41, 5.74) is 8.87. The summed E-state index contributed by atoms with van der Waals surface area (Å²) in [5, 5.41) is 4.06. The molecule has 10 aromatic rings. The number of benzene rings is 5. The summed E-state index contributed by atoms with van der Waals surface area (Å²) in [7, 11) is 0. The Balaban J connectivity index is 1.01. The summed E-state index contributed by atoms with van der Waals surface area (Å²) in [6, 6.07) is 39.1. The topological polar surface area (TPSA) is 90.2 Å². The number of aromatic nitrogens is 7. The van der Waals surface area contributed by atoms with Crippen molar-refractivity contribution < 1.29 is 8.78 Å². The van der Waals surface area contributed by atoms with E-state index < -0.39 is 11.6 Å². The number of rotatable bonds is 5. The Bertz CT molecular complexity index is 2880. The number of pyridine rings is 4. The van der Waals surface area contributed by atoms with Crippen LogP contribution in [0, 0.1) is 11.6 Å². The molecule has 0 aliphatic rings. The second-order valence-electron chi connectivity index (χ2n) is 13.0. The van der Waals surface area contributed by atoms with E-state index in [1.165, 1.54) is 12.1 Å². The van der Waals surface area contributed by atoms with Crippen molar-refractivity contribution in [2.45, 2.75) is 0 Å². The molecular formula is C45H25F2N7. The van der Waals surface area contributed by atoms with E-state index in [2.05, 4.69) is 44.2 Å². The molecule has 0 saturated carbocycles. The first-order chi connectivity index (χ1) is 26.5. The maximum absolute atomic E-state index is 14.4. The summed E-state index contributed by atoms with van der Waals surface area (Å²) in [6.07, 6.45) is 7.24. The SMILES string of the molecule is Fc1cc(F)cc(-c2nc(-c3ccc(-c4cnc5c(ccc6cccnc65)c4)cc3)nc(-c3ccc(-c4cnc5c(ccc6cccnc65)c4)cc3)n2)c1. The average Bonchev–Trinajstić information content (AvgIpc) is 3.23. The van der Waals surface area contributed by atoms with E-state index in [1.54, 1.807) is 12.4 Å². The third kappa shape index (κ3) is 5.64. The Morgan fingerprint density at radius 1 is 0.315 bits per heavy atom. The highest BCUT2D eigenvalue weighted by molar-refractivity contribution is 6.04. The largest absolute Gasteiger partial charge is 0.254 e. The molecule has 7 nitrogen and oxygen atoms in total. The summed E-state index contributed by atoms with van der Waals surface area (Å²) in [4.78, 5) is 32.8. The fourth-order valence-corrected chi connectivity index (χ4v) is 6.86. The number of fused-ring (bicyclic) bond motifs is 6. The van der Waals surface area contributed by atoms with Crippen LogP contribution in [0.15, 0.2) is 152 Å². The minimum atomic E-state index is -0.720. The molecule has 0 aliphatic heterocycles. The molecule has 0 saturated heterocycles. The van der Waals surface area contributed by atoms with Gasteiger partial charge in [0.1, 0.15) is 11.6 Å². The van der Waals surface area contributed by atoms with Gasteiger partial charge >= 0.3 is 0 Å². The predicted molar refractivity (Wildman–Crippen MR) is 208 cm³/mol. The predicted octanol–water partition coefficient (Wildman–Crippen LogP) is 10.7. The van der Waals surface area contributed by atoms with Gasteiger partial charge < -0.3 is 0 Å². The second-order valence-corrected chi connectivity index (χ2v) is 13.0. The molecule has 0 bridgehead atoms. The van der Waals surface area contributed by atoms with Crippen LogP contribution in [0.25, 0.3) is 100 Å². The van der Waals surface area contributed by atoms with Crippen molar-refractivity contribution in [2.24, 2.45) is 0 Å². The van der Waals surface area contributed by atoms with E-state index in [0.717, 1.165) is 71.9 Å². The van der Waals surface area contributed by atoms with E-state index >= 15 is 0 Å². The lowest BCUT2D eigenvalue weighted by Crippen LogP contribution is -2.01. The van der Waals surface area contributed by atoms with E-state index in [9.17, 15) is 8.78 Å². The standard InChI is InChI=1S/C45H25F2N7/c46-37-21-34(22-38(47)23-37)45-53-43(30-11-5-26(6-12-30)35-19-32-15-9-28-3-1-17-48-39(28)41(32)50-24-35)52-44(54-45)31-13-7-27(8-14-31)36-20-33-16-10-29-4-2-18-49-40(29)42(33)51-25-36/h1-25H. The maximum Gasteiger partial charge on any atom is 0.164 e. The fraction of sp³-hybridized carbons (Fsp3) is 0. The van der Waals surface area contributed by atoms with Gasteiger partial charge in [-0.3, -0.25) is 19.9 Å². The van der Waals surface area contributed by atoms with Crippen LogP contribution in [0.4, 0.5) is 8.78 Å². The van der Waals surface area contributed by atoms with Gasteiger partial charge in [-0.25, -0.2) is 23.7 Å². The highest BCUT2D eigenvalue weighted by atomic mass is 19.1. The van der Waals surface area contributed by atoms with Gasteiger partial charge in [-0.1, -0.05) is 84.9 Å². The molecule has 9 heteroatoms. The van der Waals surface area contributed by atoms with Gasteiger partial charge in [-0.15, -0.1) is 0 Å². The Kier molecular flexibility index (Phi) is 7.36. The number of hydrogen-bond donors (Lipinski definition) is 0. The lowest BCUT2D eigenvalue weighted by atomic mass is 10.0. The molecule has 254 valence electrons. The van der Waals surface area contributed by atoms with Gasteiger partial charge in [0, 0.05) is 80.2 Å². The number of halogens is 2. The fourth-order valence-electron chi connectivity index (χ4n) is 6.86. The van der Waals surface area contributed by atoms with Crippen molar-refractivity contribution in [2.75, 3.05) is 0 Å². The highest BCUT2D eigenvalue weighted by Gasteiger charge is 2.15. The molecule has 54 heavy (non-hydrogen) atoms. The third-order valence-electron chi connectivity index (χ3n) is 9.55. The van der Waals surface area contributed by atoms with E-state index in [1.807, 2.05) is 97.3 Å². The maximum atomic E-state index is 14.4. The van der Waals surface area contributed by atoms with Crippen LogP contribution in [0.1, 0.15) is 0 Å². The van der Waals surface area contributed by atoms with Gasteiger partial charge in [0.05, 0.1) is 22.1 Å². The molecule has 0 spiro atoms. The lowest BCUT2D eigenvalue weighted by Gasteiger charge is -2.10. The van der Waals surface area contributed by atoms with Crippen molar-refractivity contribution >= 4 is 43.6 Å². The van der Waals surface area contributed by atoms with Crippen molar-refractivity contribution in [3.8, 4) is 56.4 Å². The summed E-state index contributed by atoms with van der Waals surface area (Å²) >= 11 is 0. The molecule has 0 atom stereocenters. The van der Waals surface area contributed by atoms with E-state index in [0.29, 0.717) is 22.8 Å². The van der Waals surface area contributed by atoms with Crippen molar-refractivity contribution in [3.05, 3.63) is 164 Å². The molecule has 0 unspecified atom stereocenters. The first-order valence-corrected chi connectivity index (χ1v) is 17.2. The second kappa shape index (κ2) is 12.7. The van der Waals surface area contributed by atoms with Gasteiger partial charge in [-0.2, -0.15) is 0 Å². The van der Waals surface area contributed by atoms with Crippen LogP contribution in [0.3, 0.4) is 0 Å². The van der Waals surface area contributed by atoms with Crippen LogP contribution in [-0.2, 0) is 0 Å². The summed E-state index contributed by atoms with van der Waals surface area (Å²) in [5.74, 6) is -0.556. The Morgan fingerprint density at radius 3 is 1.17 bits per heavy atom. The van der Waals surface area contributed by atoms with E-state index in [-0.39, 0.29) is 11.4 Å². The first-order valence-electron chi connectivity index (χ1n) is 17.2. The first kappa shape index (κ1) is 31.4. The zero-order chi connectivity index (χ0) is 36.2.